The highest BCUT2D eigenvalue weighted by Crippen LogP contribution is 2.60. The molecule has 96 valence electrons. The average Bonchev–Trinajstić information content (AvgIpc) is 3.14. The van der Waals surface area contributed by atoms with E-state index in [2.05, 4.69) is 0 Å². The van der Waals surface area contributed by atoms with Gasteiger partial charge in [0.05, 0.1) is 14.2 Å². The van der Waals surface area contributed by atoms with Gasteiger partial charge in [0.1, 0.15) is 16.9 Å². The van der Waals surface area contributed by atoms with Gasteiger partial charge < -0.3 is 9.47 Å². The number of methoxy groups -OCH3 is 2. The Bertz CT molecular complexity index is 477. The molecule has 18 heavy (non-hydrogen) atoms. The molecule has 1 fully saturated rings. The largest absolute Gasteiger partial charge is 0.497 e. The maximum Gasteiger partial charge on any atom is 0.319 e. The molecule has 0 N–H and O–H groups in total. The molecule has 2 rings (SSSR count). The van der Waals surface area contributed by atoms with E-state index >= 15 is 0 Å². The predicted octanol–water partition coefficient (Wildman–Crippen LogP) is 1.93. The lowest BCUT2D eigenvalue weighted by atomic mass is 9.95. The number of benzene rings is 1. The minimum Gasteiger partial charge on any atom is -0.497 e. The van der Waals surface area contributed by atoms with Crippen molar-refractivity contribution in [2.45, 2.75) is 19.3 Å². The first kappa shape index (κ1) is 12.6. The van der Waals surface area contributed by atoms with Gasteiger partial charge in [-0.05, 0) is 31.0 Å². The fourth-order valence-electron chi connectivity index (χ4n) is 2.44. The first-order valence-corrected chi connectivity index (χ1v) is 5.79. The van der Waals surface area contributed by atoms with Crippen molar-refractivity contribution in [2.24, 2.45) is 5.41 Å². The summed E-state index contributed by atoms with van der Waals surface area (Å²) in [5.41, 5.74) is -0.0000214. The Balaban J connectivity index is 2.26. The van der Waals surface area contributed by atoms with Gasteiger partial charge in [0.25, 0.3) is 0 Å². The highest BCUT2D eigenvalue weighted by molar-refractivity contribution is 6.07. The number of carbonyl (C=O) groups is 2. The van der Waals surface area contributed by atoms with Crippen LogP contribution in [0.2, 0.25) is 0 Å². The summed E-state index contributed by atoms with van der Waals surface area (Å²) in [7, 11) is 2.91. The molecule has 4 nitrogen and oxygen atoms in total. The van der Waals surface area contributed by atoms with Crippen molar-refractivity contribution in [3.63, 3.8) is 0 Å². The van der Waals surface area contributed by atoms with Crippen LogP contribution in [0.4, 0.5) is 0 Å². The fourth-order valence-corrected chi connectivity index (χ4v) is 2.44. The van der Waals surface area contributed by atoms with Crippen molar-refractivity contribution < 1.29 is 19.1 Å². The zero-order valence-electron chi connectivity index (χ0n) is 10.7. The molecule has 2 atom stereocenters. The molecule has 0 amide bonds. The van der Waals surface area contributed by atoms with E-state index in [9.17, 15) is 9.59 Å². The van der Waals surface area contributed by atoms with Gasteiger partial charge in [-0.15, -0.1) is 0 Å². The molecule has 0 aromatic heterocycles. The highest BCUT2D eigenvalue weighted by Gasteiger charge is 2.65. The van der Waals surface area contributed by atoms with Crippen LogP contribution in [0.5, 0.6) is 5.75 Å². The molecule has 0 bridgehead atoms. The second kappa shape index (κ2) is 4.44. The van der Waals surface area contributed by atoms with E-state index in [4.69, 9.17) is 9.47 Å². The summed E-state index contributed by atoms with van der Waals surface area (Å²) in [5, 5.41) is 0. The number of rotatable bonds is 4. The molecule has 1 aromatic rings. The lowest BCUT2D eigenvalue weighted by Crippen LogP contribution is -2.26. The molecule has 1 saturated carbocycles. The van der Waals surface area contributed by atoms with E-state index in [1.54, 1.807) is 7.11 Å². The van der Waals surface area contributed by atoms with Gasteiger partial charge in [0.15, 0.2) is 0 Å². The van der Waals surface area contributed by atoms with Crippen LogP contribution in [0.25, 0.3) is 0 Å². The van der Waals surface area contributed by atoms with Crippen LogP contribution < -0.4 is 4.74 Å². The van der Waals surface area contributed by atoms with Gasteiger partial charge in [0, 0.05) is 5.92 Å². The van der Waals surface area contributed by atoms with Crippen LogP contribution in [0.1, 0.15) is 24.8 Å². The number of ketones is 1. The monoisotopic (exact) mass is 248 g/mol. The molecule has 1 aliphatic carbocycles. The first-order chi connectivity index (χ1) is 8.56. The second-order valence-electron chi connectivity index (χ2n) is 4.55. The summed E-state index contributed by atoms with van der Waals surface area (Å²) in [4.78, 5) is 23.5. The Labute approximate surface area is 106 Å². The van der Waals surface area contributed by atoms with Crippen molar-refractivity contribution in [3.8, 4) is 5.75 Å². The normalized spacial score (nSPS) is 25.4. The number of esters is 1. The molecule has 1 aliphatic rings. The summed E-state index contributed by atoms with van der Waals surface area (Å²) in [6, 6.07) is 7.43. The molecule has 0 heterocycles. The fraction of sp³-hybridized carbons (Fsp3) is 0.429. The van der Waals surface area contributed by atoms with E-state index in [-0.39, 0.29) is 11.7 Å². The number of carbonyl (C=O) groups excluding carboxylic acids is 2. The van der Waals surface area contributed by atoms with Crippen molar-refractivity contribution in [3.05, 3.63) is 29.8 Å². The van der Waals surface area contributed by atoms with Gasteiger partial charge in [-0.2, -0.15) is 0 Å². The third-order valence-electron chi connectivity index (χ3n) is 3.66. The number of Topliss-reactive ketones (excluding diaryl/α,β-unsaturated/α-hetero) is 1. The van der Waals surface area contributed by atoms with E-state index in [1.165, 1.54) is 14.0 Å². The van der Waals surface area contributed by atoms with Crippen molar-refractivity contribution in [1.82, 2.24) is 0 Å². The van der Waals surface area contributed by atoms with Crippen LogP contribution in [-0.2, 0) is 14.3 Å². The van der Waals surface area contributed by atoms with E-state index in [0.717, 1.165) is 11.3 Å². The van der Waals surface area contributed by atoms with E-state index < -0.39 is 11.4 Å². The summed E-state index contributed by atoms with van der Waals surface area (Å²) in [5.74, 6) is 0.116. The molecule has 1 aromatic carbocycles. The number of hydrogen-bond acceptors (Lipinski definition) is 4. The Morgan fingerprint density at radius 1 is 1.22 bits per heavy atom. The predicted molar refractivity (Wildman–Crippen MR) is 65.5 cm³/mol. The average molecular weight is 248 g/mol. The minimum absolute atomic E-state index is 0.0756. The van der Waals surface area contributed by atoms with E-state index in [1.807, 2.05) is 24.3 Å². The van der Waals surface area contributed by atoms with Crippen LogP contribution in [0.3, 0.4) is 0 Å². The summed E-state index contributed by atoms with van der Waals surface area (Å²) >= 11 is 0. The van der Waals surface area contributed by atoms with Crippen molar-refractivity contribution in [2.75, 3.05) is 14.2 Å². The quantitative estimate of drug-likeness (QED) is 0.603. The zero-order valence-corrected chi connectivity index (χ0v) is 10.7. The molecule has 0 spiro atoms. The van der Waals surface area contributed by atoms with Crippen LogP contribution >= 0.6 is 0 Å². The van der Waals surface area contributed by atoms with Gasteiger partial charge in [-0.25, -0.2) is 0 Å². The summed E-state index contributed by atoms with van der Waals surface area (Å²) in [6.45, 7) is 1.44. The Morgan fingerprint density at radius 2 is 1.83 bits per heavy atom. The molecular weight excluding hydrogens is 232 g/mol. The Kier molecular flexibility index (Phi) is 3.11. The lowest BCUT2D eigenvalue weighted by molar-refractivity contribution is -0.151. The van der Waals surface area contributed by atoms with Crippen molar-refractivity contribution in [1.29, 1.82) is 0 Å². The Hall–Kier alpha value is -1.84. The summed E-state index contributed by atoms with van der Waals surface area (Å²) in [6.07, 6.45) is 0.529. The van der Waals surface area contributed by atoms with E-state index in [0.29, 0.717) is 6.42 Å². The molecule has 0 radical (unpaired) electrons. The number of ether oxygens (including phenoxy) is 2. The standard InChI is InChI=1S/C14H16O4/c1-9(15)14(13(16)18-3)8-12(14)10-4-6-11(17-2)7-5-10/h4-7,12H,8H2,1-3H3/t12-,14+/m1/s1. The maximum absolute atomic E-state index is 11.8. The van der Waals surface area contributed by atoms with Crippen LogP contribution in [-0.4, -0.2) is 26.0 Å². The zero-order chi connectivity index (χ0) is 13.3. The lowest BCUT2D eigenvalue weighted by Gasteiger charge is -2.11. The SMILES string of the molecule is COC(=O)[C@]1(C(C)=O)C[C@@H]1c1ccc(OC)cc1. The molecule has 0 saturated heterocycles. The third kappa shape index (κ3) is 1.78. The maximum atomic E-state index is 11.8. The molecular formula is C14H16O4. The van der Waals surface area contributed by atoms with Gasteiger partial charge in [-0.3, -0.25) is 9.59 Å². The van der Waals surface area contributed by atoms with Gasteiger partial charge >= 0.3 is 5.97 Å². The summed E-state index contributed by atoms with van der Waals surface area (Å²) < 4.78 is 9.83. The highest BCUT2D eigenvalue weighted by atomic mass is 16.5. The molecule has 4 heteroatoms. The minimum atomic E-state index is -0.969. The van der Waals surface area contributed by atoms with Crippen LogP contribution in [0, 0.1) is 5.41 Å². The van der Waals surface area contributed by atoms with Crippen molar-refractivity contribution >= 4 is 11.8 Å². The first-order valence-electron chi connectivity index (χ1n) is 5.79. The smallest absolute Gasteiger partial charge is 0.319 e. The number of hydrogen-bond donors (Lipinski definition) is 0. The molecule has 0 aliphatic heterocycles. The second-order valence-corrected chi connectivity index (χ2v) is 4.55. The van der Waals surface area contributed by atoms with Gasteiger partial charge in [0.2, 0.25) is 0 Å². The third-order valence-corrected chi connectivity index (χ3v) is 3.66. The van der Waals surface area contributed by atoms with Gasteiger partial charge in [-0.1, -0.05) is 12.1 Å². The molecule has 0 unspecified atom stereocenters. The van der Waals surface area contributed by atoms with Crippen LogP contribution in [0.15, 0.2) is 24.3 Å². The Morgan fingerprint density at radius 3 is 2.28 bits per heavy atom. The topological polar surface area (TPSA) is 52.6 Å².